The number of rotatable bonds is 6. The zero-order valence-corrected chi connectivity index (χ0v) is 13.1. The topological polar surface area (TPSA) is 58.6 Å². The predicted octanol–water partition coefficient (Wildman–Crippen LogP) is 2.91. The van der Waals surface area contributed by atoms with Gasteiger partial charge in [0.15, 0.2) is 0 Å². The van der Waals surface area contributed by atoms with Crippen LogP contribution in [0.2, 0.25) is 0 Å². The standard InChI is InChI=1S/C15H20BrNO3/c1-2-15(14(18)19,11-5-3-6-12(16)9-11)17-10-13-7-4-8-20-13/h3,5-6,9,13,17H,2,4,7-8,10H2,1H3,(H,18,19). The van der Waals surface area contributed by atoms with E-state index in [1.54, 1.807) is 0 Å². The van der Waals surface area contributed by atoms with Crippen LogP contribution in [0.15, 0.2) is 28.7 Å². The number of carbonyl (C=O) groups is 1. The number of halogens is 1. The molecule has 1 aliphatic heterocycles. The fourth-order valence-electron chi connectivity index (χ4n) is 2.63. The minimum absolute atomic E-state index is 0.118. The van der Waals surface area contributed by atoms with Gasteiger partial charge in [-0.2, -0.15) is 0 Å². The zero-order chi connectivity index (χ0) is 14.6. The SMILES string of the molecule is CCC(NCC1CCCO1)(C(=O)O)c1cccc(Br)c1. The molecule has 1 saturated heterocycles. The van der Waals surface area contributed by atoms with E-state index in [0.29, 0.717) is 13.0 Å². The summed E-state index contributed by atoms with van der Waals surface area (Å²) in [6.07, 6.45) is 2.64. The van der Waals surface area contributed by atoms with E-state index >= 15 is 0 Å². The normalized spacial score (nSPS) is 21.6. The molecule has 110 valence electrons. The summed E-state index contributed by atoms with van der Waals surface area (Å²) in [5, 5.41) is 12.9. The number of hydrogen-bond acceptors (Lipinski definition) is 3. The number of nitrogens with one attached hydrogen (secondary N) is 1. The molecule has 1 aromatic rings. The molecule has 1 fully saturated rings. The van der Waals surface area contributed by atoms with Gasteiger partial charge in [-0.05, 0) is 37.0 Å². The van der Waals surface area contributed by atoms with E-state index in [4.69, 9.17) is 4.74 Å². The van der Waals surface area contributed by atoms with Crippen LogP contribution in [-0.2, 0) is 15.1 Å². The van der Waals surface area contributed by atoms with Gasteiger partial charge in [0.2, 0.25) is 0 Å². The van der Waals surface area contributed by atoms with E-state index in [0.717, 1.165) is 29.5 Å². The molecule has 5 heteroatoms. The maximum absolute atomic E-state index is 11.9. The third-order valence-electron chi connectivity index (χ3n) is 3.87. The first kappa shape index (κ1) is 15.5. The lowest BCUT2D eigenvalue weighted by molar-refractivity contribution is -0.145. The second-order valence-corrected chi connectivity index (χ2v) is 6.01. The van der Waals surface area contributed by atoms with Gasteiger partial charge in [-0.25, -0.2) is 4.79 Å². The van der Waals surface area contributed by atoms with Gasteiger partial charge in [-0.1, -0.05) is 35.0 Å². The van der Waals surface area contributed by atoms with Crippen LogP contribution >= 0.6 is 15.9 Å². The van der Waals surface area contributed by atoms with Crippen molar-refractivity contribution >= 4 is 21.9 Å². The molecular formula is C15H20BrNO3. The van der Waals surface area contributed by atoms with Crippen molar-refractivity contribution in [3.63, 3.8) is 0 Å². The summed E-state index contributed by atoms with van der Waals surface area (Å²) in [5.41, 5.74) is -0.296. The molecular weight excluding hydrogens is 322 g/mol. The molecule has 2 rings (SSSR count). The van der Waals surface area contributed by atoms with Crippen LogP contribution in [0, 0.1) is 0 Å². The van der Waals surface area contributed by atoms with Crippen molar-refractivity contribution in [1.29, 1.82) is 0 Å². The van der Waals surface area contributed by atoms with E-state index in [-0.39, 0.29) is 6.10 Å². The van der Waals surface area contributed by atoms with Gasteiger partial charge < -0.3 is 9.84 Å². The smallest absolute Gasteiger partial charge is 0.328 e. The Morgan fingerprint density at radius 2 is 2.40 bits per heavy atom. The predicted molar refractivity (Wildman–Crippen MR) is 80.7 cm³/mol. The first-order valence-electron chi connectivity index (χ1n) is 6.94. The van der Waals surface area contributed by atoms with Crippen molar-refractivity contribution in [1.82, 2.24) is 5.32 Å². The second kappa shape index (κ2) is 6.70. The fraction of sp³-hybridized carbons (Fsp3) is 0.533. The van der Waals surface area contributed by atoms with E-state index in [1.807, 2.05) is 31.2 Å². The van der Waals surface area contributed by atoms with Crippen LogP contribution in [0.25, 0.3) is 0 Å². The number of carboxylic acid groups (broad SMARTS) is 1. The molecule has 20 heavy (non-hydrogen) atoms. The summed E-state index contributed by atoms with van der Waals surface area (Å²) < 4.78 is 6.45. The van der Waals surface area contributed by atoms with Gasteiger partial charge in [0.25, 0.3) is 0 Å². The number of hydrogen-bond donors (Lipinski definition) is 2. The number of carboxylic acids is 1. The molecule has 1 aromatic carbocycles. The summed E-state index contributed by atoms with van der Waals surface area (Å²) in [4.78, 5) is 11.9. The molecule has 2 unspecified atom stereocenters. The van der Waals surface area contributed by atoms with Gasteiger partial charge in [-0.3, -0.25) is 5.32 Å². The van der Waals surface area contributed by atoms with E-state index < -0.39 is 11.5 Å². The second-order valence-electron chi connectivity index (χ2n) is 5.09. The highest BCUT2D eigenvalue weighted by molar-refractivity contribution is 9.10. The van der Waals surface area contributed by atoms with Crippen molar-refractivity contribution in [2.45, 2.75) is 37.8 Å². The van der Waals surface area contributed by atoms with Crippen molar-refractivity contribution < 1.29 is 14.6 Å². The largest absolute Gasteiger partial charge is 0.480 e. The lowest BCUT2D eigenvalue weighted by atomic mass is 9.87. The highest BCUT2D eigenvalue weighted by Gasteiger charge is 2.39. The van der Waals surface area contributed by atoms with Gasteiger partial charge in [-0.15, -0.1) is 0 Å². The average Bonchev–Trinajstić information content (AvgIpc) is 2.93. The molecule has 0 radical (unpaired) electrons. The first-order valence-corrected chi connectivity index (χ1v) is 7.74. The zero-order valence-electron chi connectivity index (χ0n) is 11.6. The van der Waals surface area contributed by atoms with Gasteiger partial charge in [0, 0.05) is 17.6 Å². The molecule has 0 aromatic heterocycles. The quantitative estimate of drug-likeness (QED) is 0.835. The Labute approximate surface area is 127 Å². The minimum Gasteiger partial charge on any atom is -0.480 e. The highest BCUT2D eigenvalue weighted by atomic mass is 79.9. The Hall–Kier alpha value is -0.910. The van der Waals surface area contributed by atoms with Crippen LogP contribution in [-0.4, -0.2) is 30.3 Å². The maximum Gasteiger partial charge on any atom is 0.328 e. The van der Waals surface area contributed by atoms with Gasteiger partial charge in [0.1, 0.15) is 5.54 Å². The number of aliphatic carboxylic acids is 1. The minimum atomic E-state index is -1.06. The Morgan fingerprint density at radius 1 is 1.60 bits per heavy atom. The summed E-state index contributed by atoms with van der Waals surface area (Å²) in [6.45, 7) is 3.22. The summed E-state index contributed by atoms with van der Waals surface area (Å²) >= 11 is 3.40. The van der Waals surface area contributed by atoms with Crippen LogP contribution in [0.1, 0.15) is 31.7 Å². The van der Waals surface area contributed by atoms with E-state index in [1.165, 1.54) is 0 Å². The van der Waals surface area contributed by atoms with E-state index in [9.17, 15) is 9.90 Å². The Bertz CT molecular complexity index is 474. The molecule has 1 aliphatic rings. The average molecular weight is 342 g/mol. The van der Waals surface area contributed by atoms with Gasteiger partial charge in [0.05, 0.1) is 6.10 Å². The Balaban J connectivity index is 2.22. The van der Waals surface area contributed by atoms with Crippen molar-refractivity contribution in [2.24, 2.45) is 0 Å². The molecule has 1 heterocycles. The fourth-order valence-corrected chi connectivity index (χ4v) is 3.03. The molecule has 0 spiro atoms. The van der Waals surface area contributed by atoms with Crippen molar-refractivity contribution in [3.8, 4) is 0 Å². The Morgan fingerprint density at radius 3 is 2.95 bits per heavy atom. The molecule has 0 bridgehead atoms. The van der Waals surface area contributed by atoms with E-state index in [2.05, 4.69) is 21.2 Å². The summed E-state index contributed by atoms with van der Waals surface area (Å²) in [6, 6.07) is 7.47. The lowest BCUT2D eigenvalue weighted by Gasteiger charge is -2.31. The van der Waals surface area contributed by atoms with Crippen molar-refractivity contribution in [3.05, 3.63) is 34.3 Å². The summed E-state index contributed by atoms with van der Waals surface area (Å²) in [7, 11) is 0. The van der Waals surface area contributed by atoms with Crippen LogP contribution in [0.4, 0.5) is 0 Å². The van der Waals surface area contributed by atoms with Crippen LogP contribution in [0.5, 0.6) is 0 Å². The third kappa shape index (κ3) is 3.22. The third-order valence-corrected chi connectivity index (χ3v) is 4.36. The van der Waals surface area contributed by atoms with Crippen molar-refractivity contribution in [2.75, 3.05) is 13.2 Å². The number of ether oxygens (including phenoxy) is 1. The first-order chi connectivity index (χ1) is 9.58. The van der Waals surface area contributed by atoms with Crippen LogP contribution in [0.3, 0.4) is 0 Å². The highest BCUT2D eigenvalue weighted by Crippen LogP contribution is 2.28. The molecule has 0 aliphatic carbocycles. The van der Waals surface area contributed by atoms with Crippen LogP contribution < -0.4 is 5.32 Å². The molecule has 2 N–H and O–H groups in total. The lowest BCUT2D eigenvalue weighted by Crippen LogP contribution is -2.51. The summed E-state index contributed by atoms with van der Waals surface area (Å²) in [5.74, 6) is -0.851. The maximum atomic E-state index is 11.9. The number of benzene rings is 1. The molecule has 0 amide bonds. The Kier molecular flexibility index (Phi) is 5.18. The molecule has 4 nitrogen and oxygen atoms in total. The van der Waals surface area contributed by atoms with Gasteiger partial charge >= 0.3 is 5.97 Å². The molecule has 2 atom stereocenters. The monoisotopic (exact) mass is 341 g/mol. The molecule has 0 saturated carbocycles.